The number of benzene rings is 8. The molecule has 0 bridgehead atoms. The van der Waals surface area contributed by atoms with Crippen LogP contribution in [0, 0.1) is 0 Å². The minimum Gasteiger partial charge on any atom is -0.456 e. The number of furan rings is 1. The molecule has 9 aromatic rings. The van der Waals surface area contributed by atoms with Gasteiger partial charge in [-0.2, -0.15) is 0 Å². The molecule has 0 saturated heterocycles. The third kappa shape index (κ3) is 3.91. The van der Waals surface area contributed by atoms with Crippen LogP contribution in [0.4, 0.5) is 0 Å². The molecule has 48 heavy (non-hydrogen) atoms. The number of rotatable bonds is 4. The van der Waals surface area contributed by atoms with Gasteiger partial charge in [0.05, 0.1) is 5.41 Å². The summed E-state index contributed by atoms with van der Waals surface area (Å²) in [6, 6.07) is 66.5. The summed E-state index contributed by atoms with van der Waals surface area (Å²) in [5, 5.41) is 4.70. The van der Waals surface area contributed by atoms with Crippen molar-refractivity contribution in [2.24, 2.45) is 0 Å². The normalized spacial score (nSPS) is 13.2. The fraction of sp³-hybridized carbons (Fsp3) is 0.0213. The van der Waals surface area contributed by atoms with Crippen molar-refractivity contribution in [1.29, 1.82) is 0 Å². The van der Waals surface area contributed by atoms with Gasteiger partial charge in [0, 0.05) is 10.8 Å². The highest BCUT2D eigenvalue weighted by atomic mass is 16.3. The molecule has 1 heterocycles. The first-order valence-electron chi connectivity index (χ1n) is 16.6. The topological polar surface area (TPSA) is 13.1 Å². The molecule has 0 saturated carbocycles. The van der Waals surface area contributed by atoms with Gasteiger partial charge in [-0.1, -0.05) is 146 Å². The fourth-order valence-corrected chi connectivity index (χ4v) is 8.12. The molecule has 1 nitrogen and oxygen atoms in total. The molecule has 1 heteroatoms. The second-order valence-corrected chi connectivity index (χ2v) is 12.9. The second-order valence-electron chi connectivity index (χ2n) is 12.9. The zero-order chi connectivity index (χ0) is 31.7. The van der Waals surface area contributed by atoms with Crippen molar-refractivity contribution in [3.8, 4) is 33.4 Å². The largest absolute Gasteiger partial charge is 0.456 e. The van der Waals surface area contributed by atoms with Crippen LogP contribution in [0.3, 0.4) is 0 Å². The summed E-state index contributed by atoms with van der Waals surface area (Å²) in [6.45, 7) is 0. The molecule has 1 aliphatic rings. The van der Waals surface area contributed by atoms with Crippen LogP contribution in [0.1, 0.15) is 22.3 Å². The van der Waals surface area contributed by atoms with E-state index in [2.05, 4.69) is 182 Å². The molecule has 8 aromatic carbocycles. The van der Waals surface area contributed by atoms with Gasteiger partial charge >= 0.3 is 0 Å². The Hall–Kier alpha value is -6.18. The van der Waals surface area contributed by atoms with Crippen molar-refractivity contribution in [2.45, 2.75) is 5.41 Å². The fourth-order valence-electron chi connectivity index (χ4n) is 8.12. The van der Waals surface area contributed by atoms with Gasteiger partial charge in [0.15, 0.2) is 0 Å². The summed E-state index contributed by atoms with van der Waals surface area (Å²) in [5.74, 6) is 0. The molecule has 0 N–H and O–H groups in total. The molecule has 0 amide bonds. The van der Waals surface area contributed by atoms with Crippen molar-refractivity contribution >= 4 is 32.7 Å². The van der Waals surface area contributed by atoms with Crippen molar-refractivity contribution < 1.29 is 4.42 Å². The molecule has 0 radical (unpaired) electrons. The smallest absolute Gasteiger partial charge is 0.136 e. The van der Waals surface area contributed by atoms with Crippen LogP contribution in [0.15, 0.2) is 186 Å². The predicted molar refractivity (Wildman–Crippen MR) is 199 cm³/mol. The van der Waals surface area contributed by atoms with Crippen LogP contribution >= 0.6 is 0 Å². The summed E-state index contributed by atoms with van der Waals surface area (Å²) in [7, 11) is 0. The highest BCUT2D eigenvalue weighted by molar-refractivity contribution is 6.11. The molecule has 0 fully saturated rings. The Kier molecular flexibility index (Phi) is 5.86. The molecule has 0 atom stereocenters. The van der Waals surface area contributed by atoms with E-state index >= 15 is 0 Å². The molecule has 0 spiro atoms. The first kappa shape index (κ1) is 27.0. The molecule has 1 aliphatic carbocycles. The minimum atomic E-state index is -0.487. The summed E-state index contributed by atoms with van der Waals surface area (Å²) in [5.41, 5.74) is 13.9. The van der Waals surface area contributed by atoms with E-state index in [1.165, 1.54) is 66.4 Å². The monoisotopic (exact) mass is 610 g/mol. The lowest BCUT2D eigenvalue weighted by Crippen LogP contribution is -2.28. The van der Waals surface area contributed by atoms with Crippen LogP contribution in [0.25, 0.3) is 66.1 Å². The Bertz CT molecular complexity index is 2610. The van der Waals surface area contributed by atoms with E-state index in [0.29, 0.717) is 0 Å². The first-order valence-corrected chi connectivity index (χ1v) is 16.6. The highest BCUT2D eigenvalue weighted by Crippen LogP contribution is 2.57. The number of fused-ring (bicyclic) bond motifs is 7. The average Bonchev–Trinajstić information content (AvgIpc) is 3.66. The van der Waals surface area contributed by atoms with Crippen molar-refractivity contribution in [1.82, 2.24) is 0 Å². The quantitative estimate of drug-likeness (QED) is 0.193. The van der Waals surface area contributed by atoms with E-state index in [0.717, 1.165) is 21.9 Å². The predicted octanol–water partition coefficient (Wildman–Crippen LogP) is 12.4. The molecular weight excluding hydrogens is 581 g/mol. The molecule has 0 unspecified atom stereocenters. The van der Waals surface area contributed by atoms with Gasteiger partial charge in [0.2, 0.25) is 0 Å². The van der Waals surface area contributed by atoms with Crippen molar-refractivity contribution in [2.75, 3.05) is 0 Å². The SMILES string of the molecule is c1ccc(-c2ccc3c(c2)C(c2ccccc2)(c2ccccc2)c2cc(-c4ccc5oc6cc7ccccc7cc6c5c4)ccc2-3)cc1. The Morgan fingerprint density at radius 3 is 1.44 bits per heavy atom. The van der Waals surface area contributed by atoms with E-state index < -0.39 is 5.41 Å². The third-order valence-electron chi connectivity index (χ3n) is 10.3. The highest BCUT2D eigenvalue weighted by Gasteiger charge is 2.46. The van der Waals surface area contributed by atoms with Gasteiger partial charge in [-0.3, -0.25) is 0 Å². The van der Waals surface area contributed by atoms with Crippen LogP contribution < -0.4 is 0 Å². The molecule has 10 rings (SSSR count). The first-order chi connectivity index (χ1) is 23.8. The summed E-state index contributed by atoms with van der Waals surface area (Å²) in [4.78, 5) is 0. The van der Waals surface area contributed by atoms with Gasteiger partial charge in [-0.05, 0) is 103 Å². The maximum atomic E-state index is 6.36. The average molecular weight is 611 g/mol. The van der Waals surface area contributed by atoms with Crippen LogP contribution in [-0.2, 0) is 5.41 Å². The van der Waals surface area contributed by atoms with Gasteiger partial charge < -0.3 is 4.42 Å². The number of hydrogen-bond acceptors (Lipinski definition) is 1. The zero-order valence-electron chi connectivity index (χ0n) is 26.2. The second kappa shape index (κ2) is 10.4. The molecule has 1 aromatic heterocycles. The van der Waals surface area contributed by atoms with Gasteiger partial charge in [-0.25, -0.2) is 0 Å². The maximum Gasteiger partial charge on any atom is 0.136 e. The Labute approximate surface area is 279 Å². The van der Waals surface area contributed by atoms with Crippen molar-refractivity contribution in [3.05, 3.63) is 204 Å². The van der Waals surface area contributed by atoms with Crippen molar-refractivity contribution in [3.63, 3.8) is 0 Å². The number of hydrogen-bond donors (Lipinski definition) is 0. The Balaban J connectivity index is 1.23. The van der Waals surface area contributed by atoms with Gasteiger partial charge in [0.1, 0.15) is 11.2 Å². The van der Waals surface area contributed by atoms with E-state index in [4.69, 9.17) is 4.42 Å². The molecular formula is C47H30O. The lowest BCUT2D eigenvalue weighted by molar-refractivity contribution is 0.669. The van der Waals surface area contributed by atoms with E-state index in [-0.39, 0.29) is 0 Å². The maximum absolute atomic E-state index is 6.36. The summed E-state index contributed by atoms with van der Waals surface area (Å²) >= 11 is 0. The van der Waals surface area contributed by atoms with E-state index in [9.17, 15) is 0 Å². The van der Waals surface area contributed by atoms with E-state index in [1.54, 1.807) is 0 Å². The lowest BCUT2D eigenvalue weighted by Gasteiger charge is -2.34. The zero-order valence-corrected chi connectivity index (χ0v) is 26.2. The summed E-state index contributed by atoms with van der Waals surface area (Å²) < 4.78 is 6.36. The van der Waals surface area contributed by atoms with E-state index in [1.807, 2.05) is 0 Å². The minimum absolute atomic E-state index is 0.487. The third-order valence-corrected chi connectivity index (χ3v) is 10.3. The van der Waals surface area contributed by atoms with Crippen LogP contribution in [0.2, 0.25) is 0 Å². The standard InChI is InChI=1S/C47H30O/c1-4-12-31(13-5-1)35-20-23-39-40-24-21-36(34-22-25-45-41(27-34)42-26-32-14-10-11-15-33(32)30-46(42)48-45)29-44(40)47(43(39)28-35,37-16-6-2-7-17-37)38-18-8-3-9-19-38/h1-30H. The molecule has 0 aliphatic heterocycles. The Morgan fingerprint density at radius 1 is 0.333 bits per heavy atom. The molecule has 224 valence electrons. The lowest BCUT2D eigenvalue weighted by atomic mass is 9.67. The van der Waals surface area contributed by atoms with Gasteiger partial charge in [-0.15, -0.1) is 0 Å². The van der Waals surface area contributed by atoms with Crippen LogP contribution in [0.5, 0.6) is 0 Å². The van der Waals surface area contributed by atoms with Crippen LogP contribution in [-0.4, -0.2) is 0 Å². The van der Waals surface area contributed by atoms with Gasteiger partial charge in [0.25, 0.3) is 0 Å². The Morgan fingerprint density at radius 2 is 0.812 bits per heavy atom. The summed E-state index contributed by atoms with van der Waals surface area (Å²) in [6.07, 6.45) is 0.